The van der Waals surface area contributed by atoms with Gasteiger partial charge < -0.3 is 5.73 Å². The fourth-order valence-corrected chi connectivity index (χ4v) is 5.57. The van der Waals surface area contributed by atoms with Crippen LogP contribution in [-0.4, -0.2) is 0 Å². The Balaban J connectivity index is 1.81. The maximum atomic E-state index is 6.31. The van der Waals surface area contributed by atoms with E-state index >= 15 is 0 Å². The van der Waals surface area contributed by atoms with Crippen molar-refractivity contribution in [1.82, 2.24) is 0 Å². The fourth-order valence-electron chi connectivity index (χ4n) is 5.57. The number of nitrogens with two attached hydrogens (primary N) is 1. The van der Waals surface area contributed by atoms with Crippen molar-refractivity contribution in [3.8, 4) is 0 Å². The number of benzene rings is 1. The summed E-state index contributed by atoms with van der Waals surface area (Å²) in [6, 6.07) is 6.66. The molecule has 5 rings (SSSR count). The highest BCUT2D eigenvalue weighted by Gasteiger charge is 2.52. The third-order valence-corrected chi connectivity index (χ3v) is 5.82. The summed E-state index contributed by atoms with van der Waals surface area (Å²) in [4.78, 5) is 0. The lowest BCUT2D eigenvalue weighted by atomic mass is 9.48. The largest absolute Gasteiger partial charge is 0.398 e. The minimum Gasteiger partial charge on any atom is -0.398 e. The van der Waals surface area contributed by atoms with Crippen LogP contribution in [0.3, 0.4) is 0 Å². The zero-order valence-electron chi connectivity index (χ0n) is 11.3. The van der Waals surface area contributed by atoms with Crippen molar-refractivity contribution in [2.75, 3.05) is 5.73 Å². The van der Waals surface area contributed by atoms with Gasteiger partial charge in [-0.15, -0.1) is 0 Å². The molecule has 2 N–H and O–H groups in total. The van der Waals surface area contributed by atoms with Crippen LogP contribution in [0, 0.1) is 24.7 Å². The van der Waals surface area contributed by atoms with E-state index in [1.54, 1.807) is 0 Å². The Morgan fingerprint density at radius 1 is 1.00 bits per heavy atom. The minimum atomic E-state index is 0.449. The lowest BCUT2D eigenvalue weighted by Gasteiger charge is -2.57. The topological polar surface area (TPSA) is 26.0 Å². The van der Waals surface area contributed by atoms with Crippen molar-refractivity contribution >= 4 is 5.69 Å². The maximum Gasteiger partial charge on any atom is 0.0352 e. The highest BCUT2D eigenvalue weighted by molar-refractivity contribution is 5.53. The predicted octanol–water partition coefficient (Wildman–Crippen LogP) is 4.05. The smallest absolute Gasteiger partial charge is 0.0352 e. The molecule has 0 atom stereocenters. The Hall–Kier alpha value is -0.980. The third-order valence-electron chi connectivity index (χ3n) is 5.82. The molecule has 0 spiro atoms. The molecular weight excluding hydrogens is 218 g/mol. The second-order valence-electron chi connectivity index (χ2n) is 7.29. The van der Waals surface area contributed by atoms with E-state index in [1.807, 2.05) is 0 Å². The molecule has 4 aliphatic rings. The van der Waals surface area contributed by atoms with Gasteiger partial charge in [0.1, 0.15) is 0 Å². The molecule has 0 aromatic heterocycles. The first-order chi connectivity index (χ1) is 8.64. The first-order valence-corrected chi connectivity index (χ1v) is 7.51. The second-order valence-corrected chi connectivity index (χ2v) is 7.29. The summed E-state index contributed by atoms with van der Waals surface area (Å²) in [5.74, 6) is 2.99. The van der Waals surface area contributed by atoms with Crippen molar-refractivity contribution < 1.29 is 0 Å². The van der Waals surface area contributed by atoms with Gasteiger partial charge in [0.25, 0.3) is 0 Å². The molecule has 1 nitrogen and oxygen atoms in total. The summed E-state index contributed by atoms with van der Waals surface area (Å²) in [6.45, 7) is 2.20. The highest BCUT2D eigenvalue weighted by atomic mass is 14.6. The number of aryl methyl sites for hydroxylation is 1. The van der Waals surface area contributed by atoms with Crippen LogP contribution in [-0.2, 0) is 5.41 Å². The first kappa shape index (κ1) is 10.9. The zero-order chi connectivity index (χ0) is 12.3. The Labute approximate surface area is 110 Å². The first-order valence-electron chi connectivity index (χ1n) is 7.51. The van der Waals surface area contributed by atoms with E-state index < -0.39 is 0 Å². The molecule has 1 aromatic rings. The molecule has 0 heterocycles. The van der Waals surface area contributed by atoms with Crippen LogP contribution in [0.5, 0.6) is 0 Å². The fraction of sp³-hybridized carbons (Fsp3) is 0.647. The van der Waals surface area contributed by atoms with Gasteiger partial charge in [-0.25, -0.2) is 0 Å². The molecule has 4 bridgehead atoms. The summed E-state index contributed by atoms with van der Waals surface area (Å²) in [7, 11) is 0. The molecule has 0 aliphatic heterocycles. The van der Waals surface area contributed by atoms with Crippen molar-refractivity contribution in [3.05, 3.63) is 29.3 Å². The number of hydrogen-bond donors (Lipinski definition) is 1. The number of rotatable bonds is 1. The molecule has 0 amide bonds. The SMILES string of the molecule is Cc1ccc(N)c(C23CC4CC(CC(C4)C2)C3)c1. The molecule has 4 fully saturated rings. The standard InChI is InChI=1S/C17H23N/c1-11-2-3-16(18)15(4-11)17-8-12-5-13(9-17)7-14(6-12)10-17/h2-4,12-14H,5-10,18H2,1H3. The third kappa shape index (κ3) is 1.46. The average Bonchev–Trinajstić information content (AvgIpc) is 2.30. The van der Waals surface area contributed by atoms with E-state index in [-0.39, 0.29) is 0 Å². The molecule has 0 saturated heterocycles. The van der Waals surface area contributed by atoms with E-state index in [0.717, 1.165) is 23.4 Å². The van der Waals surface area contributed by atoms with E-state index in [2.05, 4.69) is 25.1 Å². The molecule has 0 unspecified atom stereocenters. The summed E-state index contributed by atoms with van der Waals surface area (Å²) in [5, 5.41) is 0. The Morgan fingerprint density at radius 2 is 1.56 bits per heavy atom. The van der Waals surface area contributed by atoms with Crippen LogP contribution in [0.15, 0.2) is 18.2 Å². The van der Waals surface area contributed by atoms with Gasteiger partial charge in [-0.05, 0) is 80.2 Å². The molecule has 1 heteroatoms. The van der Waals surface area contributed by atoms with Gasteiger partial charge in [0, 0.05) is 5.69 Å². The molecular formula is C17H23N. The van der Waals surface area contributed by atoms with E-state index in [9.17, 15) is 0 Å². The Morgan fingerprint density at radius 3 is 2.11 bits per heavy atom. The van der Waals surface area contributed by atoms with E-state index in [4.69, 9.17) is 5.73 Å². The lowest BCUT2D eigenvalue weighted by Crippen LogP contribution is -2.48. The lowest BCUT2D eigenvalue weighted by molar-refractivity contribution is -0.00485. The monoisotopic (exact) mass is 241 g/mol. The van der Waals surface area contributed by atoms with Crippen LogP contribution < -0.4 is 5.73 Å². The number of hydrogen-bond acceptors (Lipinski definition) is 1. The summed E-state index contributed by atoms with van der Waals surface area (Å²) in [5.41, 5.74) is 10.7. The molecule has 96 valence electrons. The van der Waals surface area contributed by atoms with Gasteiger partial charge >= 0.3 is 0 Å². The van der Waals surface area contributed by atoms with Crippen LogP contribution in [0.1, 0.15) is 49.7 Å². The zero-order valence-corrected chi connectivity index (χ0v) is 11.3. The molecule has 0 radical (unpaired) electrons. The normalized spacial score (nSPS) is 41.3. The average molecular weight is 241 g/mol. The summed E-state index contributed by atoms with van der Waals surface area (Å²) >= 11 is 0. The van der Waals surface area contributed by atoms with Gasteiger partial charge in [0.2, 0.25) is 0 Å². The molecule has 4 saturated carbocycles. The molecule has 4 aliphatic carbocycles. The summed E-state index contributed by atoms with van der Waals surface area (Å²) < 4.78 is 0. The van der Waals surface area contributed by atoms with Crippen LogP contribution in [0.2, 0.25) is 0 Å². The van der Waals surface area contributed by atoms with Crippen molar-refractivity contribution in [2.24, 2.45) is 17.8 Å². The van der Waals surface area contributed by atoms with Crippen molar-refractivity contribution in [2.45, 2.75) is 50.9 Å². The molecule has 18 heavy (non-hydrogen) atoms. The Kier molecular flexibility index (Phi) is 2.13. The van der Waals surface area contributed by atoms with Gasteiger partial charge in [0.15, 0.2) is 0 Å². The van der Waals surface area contributed by atoms with E-state index in [0.29, 0.717) is 5.41 Å². The van der Waals surface area contributed by atoms with Gasteiger partial charge in [0.05, 0.1) is 0 Å². The Bertz CT molecular complexity index is 453. The number of anilines is 1. The van der Waals surface area contributed by atoms with Crippen LogP contribution in [0.25, 0.3) is 0 Å². The molecule has 1 aromatic carbocycles. The van der Waals surface area contributed by atoms with Gasteiger partial charge in [-0.3, -0.25) is 0 Å². The quantitative estimate of drug-likeness (QED) is 0.738. The van der Waals surface area contributed by atoms with Crippen LogP contribution >= 0.6 is 0 Å². The van der Waals surface area contributed by atoms with Crippen molar-refractivity contribution in [3.63, 3.8) is 0 Å². The van der Waals surface area contributed by atoms with Crippen LogP contribution in [0.4, 0.5) is 5.69 Å². The van der Waals surface area contributed by atoms with Gasteiger partial charge in [-0.2, -0.15) is 0 Å². The van der Waals surface area contributed by atoms with Crippen molar-refractivity contribution in [1.29, 1.82) is 0 Å². The number of nitrogen functional groups attached to an aromatic ring is 1. The van der Waals surface area contributed by atoms with E-state index in [1.165, 1.54) is 49.7 Å². The predicted molar refractivity (Wildman–Crippen MR) is 75.4 cm³/mol. The summed E-state index contributed by atoms with van der Waals surface area (Å²) in [6.07, 6.45) is 8.74. The minimum absolute atomic E-state index is 0.449. The highest BCUT2D eigenvalue weighted by Crippen LogP contribution is 2.61. The maximum absolute atomic E-state index is 6.31. The second kappa shape index (κ2) is 3.53. The van der Waals surface area contributed by atoms with Gasteiger partial charge in [-0.1, -0.05) is 17.7 Å².